The van der Waals surface area contributed by atoms with E-state index in [4.69, 9.17) is 17.3 Å². The highest BCUT2D eigenvalue weighted by molar-refractivity contribution is 6.30. The predicted octanol–water partition coefficient (Wildman–Crippen LogP) is 2.61. The van der Waals surface area contributed by atoms with E-state index in [9.17, 15) is 0 Å². The Labute approximate surface area is 83.4 Å². The maximum Gasteiger partial charge on any atom is 0.0938 e. The lowest BCUT2D eigenvalue weighted by atomic mass is 10.2. The Morgan fingerprint density at radius 2 is 2.31 bits per heavy atom. The lowest BCUT2D eigenvalue weighted by Gasteiger charge is -1.98. The van der Waals surface area contributed by atoms with E-state index in [-0.39, 0.29) is 0 Å². The average Bonchev–Trinajstić information content (AvgIpc) is 2.14. The first-order chi connectivity index (χ1) is 6.22. The fourth-order valence-corrected chi connectivity index (χ4v) is 1.15. The zero-order chi connectivity index (χ0) is 9.68. The molecule has 1 rings (SSSR count). The van der Waals surface area contributed by atoms with Crippen molar-refractivity contribution >= 4 is 17.4 Å². The normalized spacial score (nSPS) is 11.7. The molecule has 0 radical (unpaired) electrons. The summed E-state index contributed by atoms with van der Waals surface area (Å²) in [6, 6.07) is 7.64. The van der Waals surface area contributed by atoms with Crippen LogP contribution in [0.4, 0.5) is 0 Å². The van der Waals surface area contributed by atoms with Gasteiger partial charge in [0, 0.05) is 11.4 Å². The van der Waals surface area contributed by atoms with Crippen LogP contribution in [-0.4, -0.2) is 5.84 Å². The molecule has 0 fully saturated rings. The summed E-state index contributed by atoms with van der Waals surface area (Å²) in [5.74, 6) is 0.681. The lowest BCUT2D eigenvalue weighted by Crippen LogP contribution is -2.09. The molecule has 1 aromatic carbocycles. The van der Waals surface area contributed by atoms with Crippen LogP contribution in [0.3, 0.4) is 0 Å². The first kappa shape index (κ1) is 10.1. The molecular weight excluding hydrogens is 184 g/mol. The van der Waals surface area contributed by atoms with Gasteiger partial charge in [0.2, 0.25) is 0 Å². The molecule has 0 spiro atoms. The van der Waals surface area contributed by atoms with E-state index in [1.807, 2.05) is 31.2 Å². The molecule has 0 saturated carbocycles. The zero-order valence-electron chi connectivity index (χ0n) is 7.63. The van der Waals surface area contributed by atoms with Crippen molar-refractivity contribution in [2.24, 2.45) is 10.7 Å². The van der Waals surface area contributed by atoms with Crippen LogP contribution in [0.2, 0.25) is 5.02 Å². The van der Waals surface area contributed by atoms with Crippen LogP contribution < -0.4 is 5.73 Å². The Morgan fingerprint density at radius 3 is 2.92 bits per heavy atom. The molecule has 70 valence electrons. The highest BCUT2D eigenvalue weighted by Crippen LogP contribution is 2.11. The van der Waals surface area contributed by atoms with Gasteiger partial charge in [-0.2, -0.15) is 0 Å². The summed E-state index contributed by atoms with van der Waals surface area (Å²) in [6.07, 6.45) is 0.792. The molecule has 0 aliphatic heterocycles. The monoisotopic (exact) mass is 196 g/mol. The summed E-state index contributed by atoms with van der Waals surface area (Å²) in [7, 11) is 0. The van der Waals surface area contributed by atoms with E-state index in [0.717, 1.165) is 17.0 Å². The molecule has 0 aromatic heterocycles. The summed E-state index contributed by atoms with van der Waals surface area (Å²) in [5, 5.41) is 0.739. The number of aliphatic imine (C=N–C) groups is 1. The predicted molar refractivity (Wildman–Crippen MR) is 57.1 cm³/mol. The van der Waals surface area contributed by atoms with Crippen molar-refractivity contribution in [2.75, 3.05) is 0 Å². The van der Waals surface area contributed by atoms with Crippen molar-refractivity contribution < 1.29 is 0 Å². The smallest absolute Gasteiger partial charge is 0.0938 e. The van der Waals surface area contributed by atoms with Gasteiger partial charge in [-0.15, -0.1) is 0 Å². The van der Waals surface area contributed by atoms with Gasteiger partial charge in [-0.05, 0) is 17.7 Å². The highest BCUT2D eigenvalue weighted by atomic mass is 35.5. The first-order valence-electron chi connectivity index (χ1n) is 4.25. The molecule has 0 unspecified atom stereocenters. The molecule has 0 heterocycles. The summed E-state index contributed by atoms with van der Waals surface area (Å²) < 4.78 is 0. The Hall–Kier alpha value is -1.02. The van der Waals surface area contributed by atoms with Gasteiger partial charge < -0.3 is 5.73 Å². The maximum absolute atomic E-state index is 5.81. The number of amidine groups is 1. The van der Waals surface area contributed by atoms with Crippen molar-refractivity contribution in [3.8, 4) is 0 Å². The van der Waals surface area contributed by atoms with Gasteiger partial charge in [0.15, 0.2) is 0 Å². The van der Waals surface area contributed by atoms with Crippen LogP contribution in [0, 0.1) is 0 Å². The minimum absolute atomic E-state index is 0.611. The number of hydrogen-bond donors (Lipinski definition) is 1. The van der Waals surface area contributed by atoms with Crippen molar-refractivity contribution in [1.29, 1.82) is 0 Å². The Bertz CT molecular complexity index is 308. The van der Waals surface area contributed by atoms with Gasteiger partial charge >= 0.3 is 0 Å². The van der Waals surface area contributed by atoms with Crippen molar-refractivity contribution in [3.05, 3.63) is 34.9 Å². The second kappa shape index (κ2) is 4.87. The van der Waals surface area contributed by atoms with Crippen LogP contribution in [-0.2, 0) is 6.54 Å². The van der Waals surface area contributed by atoms with E-state index in [1.165, 1.54) is 0 Å². The number of rotatable bonds is 3. The van der Waals surface area contributed by atoms with E-state index < -0.39 is 0 Å². The lowest BCUT2D eigenvalue weighted by molar-refractivity contribution is 1.04. The maximum atomic E-state index is 5.81. The fraction of sp³-hybridized carbons (Fsp3) is 0.300. The molecular formula is C10H13ClN2. The molecule has 0 saturated heterocycles. The zero-order valence-corrected chi connectivity index (χ0v) is 8.38. The van der Waals surface area contributed by atoms with Gasteiger partial charge in [0.1, 0.15) is 0 Å². The summed E-state index contributed by atoms with van der Waals surface area (Å²) in [5.41, 5.74) is 6.66. The number of halogens is 1. The largest absolute Gasteiger partial charge is 0.387 e. The molecule has 3 heteroatoms. The second-order valence-electron chi connectivity index (χ2n) is 2.79. The summed E-state index contributed by atoms with van der Waals surface area (Å²) >= 11 is 5.81. The number of nitrogens with zero attached hydrogens (tertiary/aromatic N) is 1. The molecule has 0 aliphatic rings. The van der Waals surface area contributed by atoms with Crippen molar-refractivity contribution in [1.82, 2.24) is 0 Å². The van der Waals surface area contributed by atoms with Gasteiger partial charge in [-0.3, -0.25) is 4.99 Å². The number of benzene rings is 1. The van der Waals surface area contributed by atoms with E-state index in [2.05, 4.69) is 4.99 Å². The molecule has 0 amide bonds. The average molecular weight is 197 g/mol. The van der Waals surface area contributed by atoms with E-state index in [1.54, 1.807) is 0 Å². The molecule has 0 atom stereocenters. The Morgan fingerprint density at radius 1 is 1.54 bits per heavy atom. The minimum Gasteiger partial charge on any atom is -0.387 e. The first-order valence-corrected chi connectivity index (χ1v) is 4.63. The quantitative estimate of drug-likeness (QED) is 0.586. The Balaban J connectivity index is 2.64. The topological polar surface area (TPSA) is 38.4 Å². The number of nitrogens with two attached hydrogens (primary N) is 1. The van der Waals surface area contributed by atoms with Gasteiger partial charge in [-0.1, -0.05) is 30.7 Å². The highest BCUT2D eigenvalue weighted by Gasteiger charge is 1.92. The van der Waals surface area contributed by atoms with E-state index >= 15 is 0 Å². The van der Waals surface area contributed by atoms with Crippen LogP contribution in [0.5, 0.6) is 0 Å². The summed E-state index contributed by atoms with van der Waals surface area (Å²) in [6.45, 7) is 2.59. The number of hydrogen-bond acceptors (Lipinski definition) is 1. The van der Waals surface area contributed by atoms with Crippen LogP contribution in [0.25, 0.3) is 0 Å². The van der Waals surface area contributed by atoms with E-state index in [0.29, 0.717) is 12.4 Å². The van der Waals surface area contributed by atoms with Crippen LogP contribution in [0.15, 0.2) is 29.3 Å². The third-order valence-electron chi connectivity index (χ3n) is 1.72. The minimum atomic E-state index is 0.611. The summed E-state index contributed by atoms with van der Waals surface area (Å²) in [4.78, 5) is 4.19. The fourth-order valence-electron chi connectivity index (χ4n) is 0.940. The standard InChI is InChI=1S/C10H13ClN2/c1-2-10(12)13-7-8-4-3-5-9(11)6-8/h3-6H,2,7H2,1H3,(H2,12,13). The third-order valence-corrected chi connectivity index (χ3v) is 1.95. The van der Waals surface area contributed by atoms with Gasteiger partial charge in [0.25, 0.3) is 0 Å². The third kappa shape index (κ3) is 3.47. The molecule has 0 bridgehead atoms. The van der Waals surface area contributed by atoms with Crippen molar-refractivity contribution in [2.45, 2.75) is 19.9 Å². The van der Waals surface area contributed by atoms with Gasteiger partial charge in [-0.25, -0.2) is 0 Å². The molecule has 1 aromatic rings. The second-order valence-corrected chi connectivity index (χ2v) is 3.23. The molecule has 0 aliphatic carbocycles. The van der Waals surface area contributed by atoms with Crippen molar-refractivity contribution in [3.63, 3.8) is 0 Å². The van der Waals surface area contributed by atoms with Crippen LogP contribution >= 0.6 is 11.6 Å². The molecule has 13 heavy (non-hydrogen) atoms. The Kier molecular flexibility index (Phi) is 3.77. The van der Waals surface area contributed by atoms with Gasteiger partial charge in [0.05, 0.1) is 12.4 Å². The molecule has 2 nitrogen and oxygen atoms in total. The molecule has 2 N–H and O–H groups in total. The SMILES string of the molecule is CCC(N)=NCc1cccc(Cl)c1. The van der Waals surface area contributed by atoms with Crippen LogP contribution in [0.1, 0.15) is 18.9 Å².